The Hall–Kier alpha value is -5.17. The maximum atomic E-state index is 12.4. The molecule has 0 aliphatic rings. The number of rotatable bonds is 7. The number of nitro groups is 1. The van der Waals surface area contributed by atoms with Gasteiger partial charge in [0.25, 0.3) is 5.91 Å². The molecule has 4 rings (SSSR count). The molecular formula is C24H15N3O7. The second-order valence-corrected chi connectivity index (χ2v) is 6.87. The van der Waals surface area contributed by atoms with Crippen LogP contribution in [-0.4, -0.2) is 23.4 Å². The maximum Gasteiger partial charge on any atom is 0.433 e. The molecule has 0 radical (unpaired) electrons. The number of hydrogen-bond acceptors (Lipinski definition) is 8. The summed E-state index contributed by atoms with van der Waals surface area (Å²) in [7, 11) is 0. The van der Waals surface area contributed by atoms with E-state index >= 15 is 0 Å². The van der Waals surface area contributed by atoms with Crippen molar-refractivity contribution in [1.29, 1.82) is 5.26 Å². The van der Waals surface area contributed by atoms with Crippen LogP contribution < -0.4 is 5.32 Å². The third-order valence-electron chi connectivity index (χ3n) is 4.68. The van der Waals surface area contributed by atoms with Crippen molar-refractivity contribution in [3.8, 4) is 28.5 Å². The first-order valence-electron chi connectivity index (χ1n) is 9.87. The number of hydrogen-bond donors (Lipinski definition) is 1. The minimum atomic E-state index is -1.06. The lowest BCUT2D eigenvalue weighted by Gasteiger charge is -2.03. The van der Waals surface area contributed by atoms with Gasteiger partial charge in [0.2, 0.25) is 11.6 Å². The summed E-state index contributed by atoms with van der Waals surface area (Å²) >= 11 is 0. The zero-order valence-corrected chi connectivity index (χ0v) is 17.4. The number of nitriles is 1. The standard InChI is InChI=1S/C24H15N3O7/c25-13-17-21(15-7-3-1-4-8-15)22(16-9-5-2-6-10-16)34-23(17)26-19(28)14-32-24(29)18-11-12-20(33-18)27(30)31/h1-12H,14H2,(H,26,28). The monoisotopic (exact) mass is 457 g/mol. The van der Waals surface area contributed by atoms with Gasteiger partial charge in [-0.05, 0) is 11.6 Å². The van der Waals surface area contributed by atoms with Gasteiger partial charge >= 0.3 is 11.9 Å². The molecule has 34 heavy (non-hydrogen) atoms. The van der Waals surface area contributed by atoms with Crippen LogP contribution in [0.4, 0.5) is 11.8 Å². The van der Waals surface area contributed by atoms with Crippen molar-refractivity contribution in [2.45, 2.75) is 0 Å². The lowest BCUT2D eigenvalue weighted by molar-refractivity contribution is -0.402. The Morgan fingerprint density at radius 2 is 1.62 bits per heavy atom. The molecule has 2 aromatic heterocycles. The summed E-state index contributed by atoms with van der Waals surface area (Å²) in [6, 6.07) is 22.3. The van der Waals surface area contributed by atoms with Crippen LogP contribution in [0.3, 0.4) is 0 Å². The first-order valence-corrected chi connectivity index (χ1v) is 9.87. The van der Waals surface area contributed by atoms with E-state index < -0.39 is 35.1 Å². The van der Waals surface area contributed by atoms with Gasteiger partial charge < -0.3 is 13.6 Å². The highest BCUT2D eigenvalue weighted by molar-refractivity contribution is 5.97. The fraction of sp³-hybridized carbons (Fsp3) is 0.0417. The normalized spacial score (nSPS) is 10.3. The molecule has 168 valence electrons. The predicted molar refractivity (Wildman–Crippen MR) is 119 cm³/mol. The summed E-state index contributed by atoms with van der Waals surface area (Å²) in [6.07, 6.45) is 0. The molecule has 1 N–H and O–H groups in total. The number of ether oxygens (including phenoxy) is 1. The third kappa shape index (κ3) is 4.53. The molecule has 2 heterocycles. The van der Waals surface area contributed by atoms with Gasteiger partial charge in [-0.3, -0.25) is 20.2 Å². The van der Waals surface area contributed by atoms with Crippen LogP contribution in [0.2, 0.25) is 0 Å². The number of benzene rings is 2. The van der Waals surface area contributed by atoms with Gasteiger partial charge in [-0.25, -0.2) is 4.79 Å². The van der Waals surface area contributed by atoms with E-state index in [0.717, 1.165) is 12.1 Å². The second-order valence-electron chi connectivity index (χ2n) is 6.87. The van der Waals surface area contributed by atoms with Gasteiger partial charge in [-0.2, -0.15) is 5.26 Å². The van der Waals surface area contributed by atoms with Crippen LogP contribution >= 0.6 is 0 Å². The topological polar surface area (TPSA) is 149 Å². The zero-order valence-electron chi connectivity index (χ0n) is 17.4. The van der Waals surface area contributed by atoms with Crippen molar-refractivity contribution in [3.63, 3.8) is 0 Å². The summed E-state index contributed by atoms with van der Waals surface area (Å²) in [5.74, 6) is -2.61. The maximum absolute atomic E-state index is 12.4. The highest BCUT2D eigenvalue weighted by Gasteiger charge is 2.25. The molecule has 0 unspecified atom stereocenters. The summed E-state index contributed by atoms with van der Waals surface area (Å²) in [5, 5.41) is 22.9. The largest absolute Gasteiger partial charge is 0.450 e. The van der Waals surface area contributed by atoms with Gasteiger partial charge in [-0.1, -0.05) is 60.7 Å². The van der Waals surface area contributed by atoms with Crippen molar-refractivity contribution in [3.05, 3.63) is 94.2 Å². The highest BCUT2D eigenvalue weighted by atomic mass is 16.7. The number of carbonyl (C=O) groups is 2. The quantitative estimate of drug-likeness (QED) is 0.237. The molecule has 0 fully saturated rings. The number of anilines is 1. The number of furan rings is 2. The molecule has 0 spiro atoms. The number of esters is 1. The SMILES string of the molecule is N#Cc1c(NC(=O)COC(=O)c2ccc([N+](=O)[O-])o2)oc(-c2ccccc2)c1-c1ccccc1. The van der Waals surface area contributed by atoms with Crippen LogP contribution in [0.1, 0.15) is 16.1 Å². The molecule has 0 aliphatic carbocycles. The molecule has 0 saturated carbocycles. The fourth-order valence-electron chi connectivity index (χ4n) is 3.20. The van der Waals surface area contributed by atoms with Gasteiger partial charge in [0.1, 0.15) is 22.3 Å². The number of nitrogens with one attached hydrogen (secondary N) is 1. The van der Waals surface area contributed by atoms with Crippen LogP contribution in [0.15, 0.2) is 81.6 Å². The van der Waals surface area contributed by atoms with Gasteiger partial charge in [-0.15, -0.1) is 0 Å². The molecule has 0 atom stereocenters. The Labute approximate surface area is 192 Å². The first kappa shape index (κ1) is 22.0. The molecule has 4 aromatic rings. The van der Waals surface area contributed by atoms with E-state index in [1.807, 2.05) is 60.7 Å². The van der Waals surface area contributed by atoms with E-state index in [1.54, 1.807) is 0 Å². The average Bonchev–Trinajstić information content (AvgIpc) is 3.49. The third-order valence-corrected chi connectivity index (χ3v) is 4.68. The van der Waals surface area contributed by atoms with Crippen molar-refractivity contribution in [1.82, 2.24) is 0 Å². The Morgan fingerprint density at radius 3 is 2.21 bits per heavy atom. The fourth-order valence-corrected chi connectivity index (χ4v) is 3.20. The molecule has 10 nitrogen and oxygen atoms in total. The molecule has 0 aliphatic heterocycles. The van der Waals surface area contributed by atoms with E-state index in [4.69, 9.17) is 13.6 Å². The number of carbonyl (C=O) groups excluding carboxylic acids is 2. The summed E-state index contributed by atoms with van der Waals surface area (Å²) in [5.41, 5.74) is 2.02. The first-order chi connectivity index (χ1) is 16.5. The van der Waals surface area contributed by atoms with E-state index in [9.17, 15) is 25.0 Å². The van der Waals surface area contributed by atoms with Crippen molar-refractivity contribution >= 4 is 23.6 Å². The van der Waals surface area contributed by atoms with E-state index in [2.05, 4.69) is 11.4 Å². The Balaban J connectivity index is 1.57. The van der Waals surface area contributed by atoms with E-state index in [1.165, 1.54) is 0 Å². The number of nitrogens with zero attached hydrogens (tertiary/aromatic N) is 2. The smallest absolute Gasteiger partial charge is 0.433 e. The molecule has 0 bridgehead atoms. The lowest BCUT2D eigenvalue weighted by atomic mass is 9.98. The molecule has 0 saturated heterocycles. The number of amides is 1. The van der Waals surface area contributed by atoms with Gasteiger partial charge in [0.15, 0.2) is 6.61 Å². The van der Waals surface area contributed by atoms with E-state index in [-0.39, 0.29) is 11.4 Å². The van der Waals surface area contributed by atoms with Crippen LogP contribution in [0.5, 0.6) is 0 Å². The predicted octanol–water partition coefficient (Wildman–Crippen LogP) is 4.78. The van der Waals surface area contributed by atoms with Crippen molar-refractivity contribution in [2.75, 3.05) is 11.9 Å². The van der Waals surface area contributed by atoms with Crippen LogP contribution in [0, 0.1) is 21.4 Å². The molecule has 1 amide bonds. The second kappa shape index (κ2) is 9.54. The summed E-state index contributed by atoms with van der Waals surface area (Å²) in [6.45, 7) is -0.736. The van der Waals surface area contributed by atoms with Crippen molar-refractivity contribution < 1.29 is 28.1 Å². The summed E-state index contributed by atoms with van der Waals surface area (Å²) in [4.78, 5) is 34.3. The molecule has 10 heteroatoms. The van der Waals surface area contributed by atoms with Crippen molar-refractivity contribution in [2.24, 2.45) is 0 Å². The Bertz CT molecular complexity index is 1400. The Kier molecular flexibility index (Phi) is 6.18. The van der Waals surface area contributed by atoms with Crippen LogP contribution in [0.25, 0.3) is 22.5 Å². The lowest BCUT2D eigenvalue weighted by Crippen LogP contribution is -2.21. The van der Waals surface area contributed by atoms with E-state index in [0.29, 0.717) is 22.5 Å². The van der Waals surface area contributed by atoms with Gasteiger partial charge in [0.05, 0.1) is 6.07 Å². The summed E-state index contributed by atoms with van der Waals surface area (Å²) < 4.78 is 15.5. The minimum absolute atomic E-state index is 0.102. The average molecular weight is 457 g/mol. The highest BCUT2D eigenvalue weighted by Crippen LogP contribution is 2.41. The van der Waals surface area contributed by atoms with Crippen LogP contribution in [-0.2, 0) is 9.53 Å². The molecular weight excluding hydrogens is 442 g/mol. The Morgan fingerprint density at radius 1 is 0.971 bits per heavy atom. The zero-order chi connectivity index (χ0) is 24.1. The minimum Gasteiger partial charge on any atom is -0.450 e. The van der Waals surface area contributed by atoms with Gasteiger partial charge in [0, 0.05) is 11.1 Å². The molecule has 2 aromatic carbocycles.